The minimum absolute atomic E-state index is 0.181. The number of carbonyl (C=O) groups is 1. The Bertz CT molecular complexity index is 273. The van der Waals surface area contributed by atoms with Crippen molar-refractivity contribution in [2.24, 2.45) is 0 Å². The summed E-state index contributed by atoms with van der Waals surface area (Å²) in [6, 6.07) is 0.997. The number of carbonyl (C=O) groups excluding carboxylic acids is 1. The van der Waals surface area contributed by atoms with Crippen LogP contribution in [0.3, 0.4) is 0 Å². The molecule has 4 heteroatoms. The second-order valence-corrected chi connectivity index (χ2v) is 5.93. The SMILES string of the molecule is O=C(CCC1CCCCN1)N(CCCO)C1CCC1. The van der Waals surface area contributed by atoms with Gasteiger partial charge in [-0.15, -0.1) is 0 Å². The van der Waals surface area contributed by atoms with E-state index in [1.807, 2.05) is 4.90 Å². The Morgan fingerprint density at radius 1 is 1.21 bits per heavy atom. The van der Waals surface area contributed by atoms with Crippen molar-refractivity contribution in [3.63, 3.8) is 0 Å². The summed E-state index contributed by atoms with van der Waals surface area (Å²) in [6.07, 6.45) is 9.69. The lowest BCUT2D eigenvalue weighted by Gasteiger charge is -2.38. The van der Waals surface area contributed by atoms with Crippen LogP contribution in [0.4, 0.5) is 0 Å². The molecule has 4 nitrogen and oxygen atoms in total. The van der Waals surface area contributed by atoms with Crippen molar-refractivity contribution in [3.8, 4) is 0 Å². The van der Waals surface area contributed by atoms with Gasteiger partial charge in [-0.25, -0.2) is 0 Å². The van der Waals surface area contributed by atoms with Crippen LogP contribution in [-0.4, -0.2) is 47.7 Å². The van der Waals surface area contributed by atoms with Gasteiger partial charge >= 0.3 is 0 Å². The average molecular weight is 268 g/mol. The third kappa shape index (κ3) is 4.46. The summed E-state index contributed by atoms with van der Waals surface area (Å²) in [5, 5.41) is 12.5. The molecule has 19 heavy (non-hydrogen) atoms. The second kappa shape index (κ2) is 7.85. The highest BCUT2D eigenvalue weighted by atomic mass is 16.3. The van der Waals surface area contributed by atoms with Gasteiger partial charge in [-0.3, -0.25) is 4.79 Å². The van der Waals surface area contributed by atoms with Crippen LogP contribution < -0.4 is 5.32 Å². The van der Waals surface area contributed by atoms with Gasteiger partial charge in [0.05, 0.1) is 0 Å². The quantitative estimate of drug-likeness (QED) is 0.738. The van der Waals surface area contributed by atoms with Gasteiger partial charge in [0.2, 0.25) is 5.91 Å². The molecule has 1 heterocycles. The van der Waals surface area contributed by atoms with Crippen molar-refractivity contribution < 1.29 is 9.90 Å². The van der Waals surface area contributed by atoms with E-state index in [0.717, 1.165) is 32.4 Å². The Hall–Kier alpha value is -0.610. The number of nitrogens with zero attached hydrogens (tertiary/aromatic N) is 1. The third-order valence-electron chi connectivity index (χ3n) is 4.51. The van der Waals surface area contributed by atoms with E-state index in [1.54, 1.807) is 0 Å². The van der Waals surface area contributed by atoms with E-state index in [-0.39, 0.29) is 6.61 Å². The van der Waals surface area contributed by atoms with Crippen molar-refractivity contribution >= 4 is 5.91 Å². The zero-order valence-corrected chi connectivity index (χ0v) is 11.9. The normalized spacial score (nSPS) is 23.9. The topological polar surface area (TPSA) is 52.6 Å². The van der Waals surface area contributed by atoms with Crippen LogP contribution in [0, 0.1) is 0 Å². The summed E-state index contributed by atoms with van der Waals surface area (Å²) in [6.45, 7) is 2.02. The van der Waals surface area contributed by atoms with E-state index >= 15 is 0 Å². The molecule has 1 amide bonds. The van der Waals surface area contributed by atoms with E-state index in [2.05, 4.69) is 5.32 Å². The molecule has 0 radical (unpaired) electrons. The second-order valence-electron chi connectivity index (χ2n) is 5.93. The maximum atomic E-state index is 12.3. The Labute approximate surface area is 116 Å². The minimum Gasteiger partial charge on any atom is -0.396 e. The first-order valence-electron chi connectivity index (χ1n) is 7.95. The molecule has 0 aromatic heterocycles. The van der Waals surface area contributed by atoms with Gasteiger partial charge in [-0.2, -0.15) is 0 Å². The standard InChI is InChI=1S/C15H28N2O2/c18-12-4-11-17(14-6-3-7-14)15(19)9-8-13-5-1-2-10-16-13/h13-14,16,18H,1-12H2. The van der Waals surface area contributed by atoms with Crippen molar-refractivity contribution in [3.05, 3.63) is 0 Å². The van der Waals surface area contributed by atoms with Crippen molar-refractivity contribution in [1.82, 2.24) is 10.2 Å². The highest BCUT2D eigenvalue weighted by Crippen LogP contribution is 2.26. The zero-order chi connectivity index (χ0) is 13.5. The van der Waals surface area contributed by atoms with Crippen molar-refractivity contribution in [2.45, 2.75) is 69.9 Å². The number of nitrogens with one attached hydrogen (secondary N) is 1. The molecule has 0 spiro atoms. The lowest BCUT2D eigenvalue weighted by atomic mass is 9.90. The number of piperidine rings is 1. The maximum Gasteiger partial charge on any atom is 0.222 e. The highest BCUT2D eigenvalue weighted by Gasteiger charge is 2.28. The molecule has 1 atom stereocenters. The van der Waals surface area contributed by atoms with Crippen LogP contribution in [0.1, 0.15) is 57.8 Å². The molecule has 1 aliphatic heterocycles. The number of rotatable bonds is 7. The summed E-state index contributed by atoms with van der Waals surface area (Å²) < 4.78 is 0. The molecule has 2 aliphatic rings. The molecule has 0 aromatic rings. The van der Waals surface area contributed by atoms with Gasteiger partial charge in [0, 0.05) is 31.7 Å². The summed E-state index contributed by atoms with van der Waals surface area (Å²) in [7, 11) is 0. The first-order chi connectivity index (χ1) is 9.31. The Kier molecular flexibility index (Phi) is 6.11. The molecule has 1 saturated carbocycles. The van der Waals surface area contributed by atoms with Crippen LogP contribution in [0.15, 0.2) is 0 Å². The van der Waals surface area contributed by atoms with Crippen LogP contribution in [0.5, 0.6) is 0 Å². The van der Waals surface area contributed by atoms with Crippen LogP contribution in [0.25, 0.3) is 0 Å². The van der Waals surface area contributed by atoms with E-state index < -0.39 is 0 Å². The largest absolute Gasteiger partial charge is 0.396 e. The minimum atomic E-state index is 0.181. The number of hydrogen-bond donors (Lipinski definition) is 2. The van der Waals surface area contributed by atoms with Crippen LogP contribution in [-0.2, 0) is 4.79 Å². The van der Waals surface area contributed by atoms with Gasteiger partial charge in [-0.05, 0) is 51.5 Å². The predicted octanol–water partition coefficient (Wildman–Crippen LogP) is 1.67. The smallest absolute Gasteiger partial charge is 0.222 e. The molecule has 2 N–H and O–H groups in total. The molecule has 2 fully saturated rings. The van der Waals surface area contributed by atoms with Gasteiger partial charge < -0.3 is 15.3 Å². The maximum absolute atomic E-state index is 12.3. The van der Waals surface area contributed by atoms with E-state index in [0.29, 0.717) is 30.8 Å². The van der Waals surface area contributed by atoms with Gasteiger partial charge in [0.1, 0.15) is 0 Å². The molecule has 2 rings (SSSR count). The number of aliphatic hydroxyl groups excluding tert-OH is 1. The average Bonchev–Trinajstić information content (AvgIpc) is 2.39. The number of amides is 1. The molecule has 110 valence electrons. The number of hydrogen-bond acceptors (Lipinski definition) is 3. The van der Waals surface area contributed by atoms with Crippen LogP contribution >= 0.6 is 0 Å². The summed E-state index contributed by atoms with van der Waals surface area (Å²) in [5.74, 6) is 0.297. The highest BCUT2D eigenvalue weighted by molar-refractivity contribution is 5.76. The first-order valence-corrected chi connectivity index (χ1v) is 7.95. The van der Waals surface area contributed by atoms with Gasteiger partial charge in [-0.1, -0.05) is 6.42 Å². The van der Waals surface area contributed by atoms with Gasteiger partial charge in [0.15, 0.2) is 0 Å². The van der Waals surface area contributed by atoms with Gasteiger partial charge in [0.25, 0.3) is 0 Å². The Morgan fingerprint density at radius 3 is 2.63 bits per heavy atom. The van der Waals surface area contributed by atoms with Crippen LogP contribution in [0.2, 0.25) is 0 Å². The molecule has 0 bridgehead atoms. The Balaban J connectivity index is 1.73. The molecular formula is C15H28N2O2. The van der Waals surface area contributed by atoms with Crippen molar-refractivity contribution in [2.75, 3.05) is 19.7 Å². The lowest BCUT2D eigenvalue weighted by Crippen LogP contribution is -2.45. The van der Waals surface area contributed by atoms with E-state index in [9.17, 15) is 4.79 Å². The molecule has 1 saturated heterocycles. The molecule has 0 aromatic carbocycles. The monoisotopic (exact) mass is 268 g/mol. The molecular weight excluding hydrogens is 240 g/mol. The molecule has 1 aliphatic carbocycles. The fourth-order valence-electron chi connectivity index (χ4n) is 3.06. The fourth-order valence-corrected chi connectivity index (χ4v) is 3.06. The summed E-state index contributed by atoms with van der Waals surface area (Å²) >= 11 is 0. The Morgan fingerprint density at radius 2 is 2.05 bits per heavy atom. The summed E-state index contributed by atoms with van der Waals surface area (Å²) in [4.78, 5) is 14.4. The number of aliphatic hydroxyl groups is 1. The van der Waals surface area contributed by atoms with E-state index in [4.69, 9.17) is 5.11 Å². The molecule has 1 unspecified atom stereocenters. The van der Waals surface area contributed by atoms with Crippen molar-refractivity contribution in [1.29, 1.82) is 0 Å². The summed E-state index contributed by atoms with van der Waals surface area (Å²) in [5.41, 5.74) is 0. The van der Waals surface area contributed by atoms with E-state index in [1.165, 1.54) is 25.7 Å². The predicted molar refractivity (Wildman–Crippen MR) is 75.9 cm³/mol. The zero-order valence-electron chi connectivity index (χ0n) is 11.9. The lowest BCUT2D eigenvalue weighted by molar-refractivity contribution is -0.135. The first kappa shape index (κ1) is 14.8. The third-order valence-corrected chi connectivity index (χ3v) is 4.51. The fraction of sp³-hybridized carbons (Fsp3) is 0.933.